The molecule has 11 aromatic rings. The molecule has 56 heavy (non-hydrogen) atoms. The molecule has 5 heterocycles. The Balaban J connectivity index is 0.987. The van der Waals surface area contributed by atoms with Gasteiger partial charge in [0.15, 0.2) is 0 Å². The second-order valence-electron chi connectivity index (χ2n) is 15.0. The van der Waals surface area contributed by atoms with Crippen LogP contribution < -0.4 is 10.2 Å². The zero-order valence-corrected chi connectivity index (χ0v) is 31.0. The molecule has 5 heteroatoms. The van der Waals surface area contributed by atoms with Crippen LogP contribution in [0.2, 0.25) is 0 Å². The highest BCUT2D eigenvalue weighted by Crippen LogP contribution is 2.59. The fourth-order valence-electron chi connectivity index (χ4n) is 9.64. The molecule has 13 rings (SSSR count). The summed E-state index contributed by atoms with van der Waals surface area (Å²) in [4.78, 5) is 2.51. The topological polar surface area (TPSA) is 25.1 Å². The summed E-state index contributed by atoms with van der Waals surface area (Å²) in [5.74, 6) is 0. The highest BCUT2D eigenvalue weighted by Gasteiger charge is 2.39. The highest BCUT2D eigenvalue weighted by atomic mass is 32.1. The number of aromatic nitrogens is 2. The van der Waals surface area contributed by atoms with Crippen molar-refractivity contribution in [3.8, 4) is 33.6 Å². The summed E-state index contributed by atoms with van der Waals surface area (Å²) in [6, 6.07) is 66.9. The van der Waals surface area contributed by atoms with E-state index in [9.17, 15) is 0 Å². The Labute approximate surface area is 326 Å². The lowest BCUT2D eigenvalue weighted by atomic mass is 9.93. The Morgan fingerprint density at radius 1 is 0.446 bits per heavy atom. The number of para-hydroxylation sites is 5. The van der Waals surface area contributed by atoms with Crippen LogP contribution in [0, 0.1) is 0 Å². The lowest BCUT2D eigenvalue weighted by Crippen LogP contribution is -2.26. The van der Waals surface area contributed by atoms with Crippen LogP contribution in [0.25, 0.3) is 87.3 Å². The number of fused-ring (bicyclic) bond motifs is 16. The van der Waals surface area contributed by atoms with Crippen LogP contribution in [-0.2, 0) is 0 Å². The van der Waals surface area contributed by atoms with Gasteiger partial charge in [-0.2, -0.15) is 0 Å². The minimum Gasteiger partial charge on any atom is -0.359 e. The van der Waals surface area contributed by atoms with Crippen molar-refractivity contribution in [2.75, 3.05) is 10.2 Å². The second kappa shape index (κ2) is 11.2. The van der Waals surface area contributed by atoms with Crippen LogP contribution in [0.4, 0.5) is 16.4 Å². The third-order valence-corrected chi connectivity index (χ3v) is 13.2. The summed E-state index contributed by atoms with van der Waals surface area (Å²) in [6.07, 6.45) is 0.0818. The van der Waals surface area contributed by atoms with Crippen molar-refractivity contribution in [2.45, 2.75) is 6.17 Å². The molecular formula is C51H32N4S. The maximum atomic E-state index is 3.82. The number of hydrogen-bond acceptors (Lipinski definition) is 3. The normalized spacial score (nSPS) is 14.4. The Hall–Kier alpha value is -7.08. The average molecular weight is 733 g/mol. The average Bonchev–Trinajstić information content (AvgIpc) is 4.01. The minimum atomic E-state index is 0.0818. The van der Waals surface area contributed by atoms with Gasteiger partial charge in [0.05, 0.1) is 33.4 Å². The van der Waals surface area contributed by atoms with Crippen molar-refractivity contribution in [1.82, 2.24) is 9.13 Å². The van der Waals surface area contributed by atoms with Crippen molar-refractivity contribution < 1.29 is 0 Å². The summed E-state index contributed by atoms with van der Waals surface area (Å²) >= 11 is 1.89. The number of nitrogens with one attached hydrogen (secondary N) is 1. The molecule has 0 aliphatic carbocycles. The predicted octanol–water partition coefficient (Wildman–Crippen LogP) is 14.0. The molecule has 1 unspecified atom stereocenters. The standard InChI is InChI=1S/C51H32N4S/c1-2-12-33(13-3-1)53-43-19-9-6-14-35(43)39-28-31(22-25-45(39)53)32-23-26-46-40(29-32)36-15-7-10-20-44(36)54(46)34-24-27-48-41(30-34)49-37-16-4-5-17-38(37)50-52-42-18-8-11-21-47(42)55(50)51(49)56-48/h1-30,50,52H. The van der Waals surface area contributed by atoms with Gasteiger partial charge in [0, 0.05) is 54.1 Å². The number of benzene rings is 8. The Morgan fingerprint density at radius 3 is 1.80 bits per heavy atom. The fraction of sp³-hybridized carbons (Fsp3) is 0.0196. The van der Waals surface area contributed by atoms with Gasteiger partial charge in [-0.05, 0) is 95.6 Å². The SMILES string of the molecule is c1ccc(-n2c3ccccc3c3cc(-c4ccc5c(c4)c4ccccc4n5-c4ccc5sc6c(c5c4)-c4ccccc4C4Nc5ccccc5N64)ccc32)cc1. The Bertz CT molecular complexity index is 3420. The molecule has 0 amide bonds. The van der Waals surface area contributed by atoms with E-state index in [2.05, 4.69) is 201 Å². The van der Waals surface area contributed by atoms with Crippen LogP contribution in [0.15, 0.2) is 182 Å². The summed E-state index contributed by atoms with van der Waals surface area (Å²) in [5, 5.41) is 11.5. The molecule has 4 nitrogen and oxygen atoms in total. The van der Waals surface area contributed by atoms with E-state index in [0.717, 1.165) is 0 Å². The second-order valence-corrected chi connectivity index (χ2v) is 16.0. The number of nitrogens with zero attached hydrogens (tertiary/aromatic N) is 3. The maximum absolute atomic E-state index is 3.82. The van der Waals surface area contributed by atoms with E-state index in [1.54, 1.807) is 0 Å². The van der Waals surface area contributed by atoms with Gasteiger partial charge in [0.2, 0.25) is 0 Å². The predicted molar refractivity (Wildman–Crippen MR) is 236 cm³/mol. The van der Waals surface area contributed by atoms with E-state index in [1.807, 2.05) is 11.3 Å². The molecule has 2 aliphatic heterocycles. The van der Waals surface area contributed by atoms with E-state index < -0.39 is 0 Å². The van der Waals surface area contributed by atoms with Gasteiger partial charge in [0.25, 0.3) is 0 Å². The monoisotopic (exact) mass is 732 g/mol. The summed E-state index contributed by atoms with van der Waals surface area (Å²) in [5.41, 5.74) is 16.0. The molecular weight excluding hydrogens is 701 g/mol. The first kappa shape index (κ1) is 30.3. The lowest BCUT2D eigenvalue weighted by Gasteiger charge is -2.33. The van der Waals surface area contributed by atoms with E-state index in [1.165, 1.54) is 109 Å². The summed E-state index contributed by atoms with van der Waals surface area (Å²) < 4.78 is 6.13. The minimum absolute atomic E-state index is 0.0818. The van der Waals surface area contributed by atoms with E-state index >= 15 is 0 Å². The molecule has 0 saturated carbocycles. The van der Waals surface area contributed by atoms with Gasteiger partial charge in [-0.15, -0.1) is 11.3 Å². The number of rotatable bonds is 3. The zero-order chi connectivity index (χ0) is 36.5. The molecule has 1 N–H and O–H groups in total. The molecule has 262 valence electrons. The summed E-state index contributed by atoms with van der Waals surface area (Å²) in [6.45, 7) is 0. The molecule has 0 spiro atoms. The smallest absolute Gasteiger partial charge is 0.131 e. The van der Waals surface area contributed by atoms with Gasteiger partial charge in [-0.1, -0.05) is 103 Å². The van der Waals surface area contributed by atoms with Gasteiger partial charge in [0.1, 0.15) is 11.2 Å². The van der Waals surface area contributed by atoms with Crippen LogP contribution in [0.1, 0.15) is 11.7 Å². The summed E-state index contributed by atoms with van der Waals surface area (Å²) in [7, 11) is 0. The van der Waals surface area contributed by atoms with E-state index in [0.29, 0.717) is 0 Å². The molecule has 0 radical (unpaired) electrons. The fourth-order valence-corrected chi connectivity index (χ4v) is 10.9. The number of anilines is 3. The van der Waals surface area contributed by atoms with Gasteiger partial charge in [-0.25, -0.2) is 0 Å². The first-order valence-corrected chi connectivity index (χ1v) is 20.0. The Kier molecular flexibility index (Phi) is 6.07. The van der Waals surface area contributed by atoms with Gasteiger partial charge < -0.3 is 19.4 Å². The van der Waals surface area contributed by atoms with Crippen LogP contribution in [0.5, 0.6) is 0 Å². The molecule has 8 aromatic carbocycles. The van der Waals surface area contributed by atoms with Gasteiger partial charge >= 0.3 is 0 Å². The molecule has 0 saturated heterocycles. The lowest BCUT2D eigenvalue weighted by molar-refractivity contribution is 0.827. The maximum Gasteiger partial charge on any atom is 0.131 e. The van der Waals surface area contributed by atoms with Gasteiger partial charge in [-0.3, -0.25) is 0 Å². The van der Waals surface area contributed by atoms with Crippen molar-refractivity contribution >= 4 is 81.4 Å². The quantitative estimate of drug-likeness (QED) is 0.196. The van der Waals surface area contributed by atoms with E-state index in [-0.39, 0.29) is 6.17 Å². The third kappa shape index (κ3) is 4.07. The van der Waals surface area contributed by atoms with Crippen molar-refractivity contribution in [3.63, 3.8) is 0 Å². The molecule has 2 aliphatic rings. The molecule has 0 fully saturated rings. The van der Waals surface area contributed by atoms with Crippen LogP contribution in [0.3, 0.4) is 0 Å². The third-order valence-electron chi connectivity index (χ3n) is 12.1. The van der Waals surface area contributed by atoms with Crippen molar-refractivity contribution in [2.24, 2.45) is 0 Å². The van der Waals surface area contributed by atoms with Crippen molar-refractivity contribution in [1.29, 1.82) is 0 Å². The molecule has 3 aromatic heterocycles. The van der Waals surface area contributed by atoms with Crippen LogP contribution >= 0.6 is 11.3 Å². The van der Waals surface area contributed by atoms with E-state index in [4.69, 9.17) is 0 Å². The highest BCUT2D eigenvalue weighted by molar-refractivity contribution is 7.23. The van der Waals surface area contributed by atoms with Crippen LogP contribution in [-0.4, -0.2) is 9.13 Å². The first-order chi connectivity index (χ1) is 27.8. The number of thiophene rings is 1. The van der Waals surface area contributed by atoms with Crippen molar-refractivity contribution in [3.05, 3.63) is 188 Å². The first-order valence-electron chi connectivity index (χ1n) is 19.2. The molecule has 0 bridgehead atoms. The zero-order valence-electron chi connectivity index (χ0n) is 30.1. The number of hydrogen-bond donors (Lipinski definition) is 1. The Morgan fingerprint density at radius 2 is 1.05 bits per heavy atom. The molecule has 1 atom stereocenters. The largest absolute Gasteiger partial charge is 0.359 e.